The molecule has 0 aliphatic heterocycles. The average molecular weight is 331 g/mol. The third kappa shape index (κ3) is 6.20. The number of aliphatic hydroxyl groups excluding tert-OH is 2. The number of hydrogen-bond donors (Lipinski definition) is 2. The van der Waals surface area contributed by atoms with Crippen LogP contribution in [0.4, 0.5) is 0 Å². The van der Waals surface area contributed by atoms with E-state index in [1.54, 1.807) is 13.2 Å². The maximum atomic E-state index is 10.2. The molecule has 0 saturated carbocycles. The first-order valence-corrected chi connectivity index (χ1v) is 8.03. The summed E-state index contributed by atoms with van der Waals surface area (Å²) in [5.41, 5.74) is 1.15. The Hall–Kier alpha value is -2.08. The zero-order valence-electron chi connectivity index (χ0n) is 14.0. The smallest absolute Gasteiger partial charge is 0.123 e. The van der Waals surface area contributed by atoms with Crippen LogP contribution in [0.15, 0.2) is 54.6 Å². The maximum Gasteiger partial charge on any atom is 0.123 e. The van der Waals surface area contributed by atoms with Gasteiger partial charge in [-0.3, -0.25) is 4.90 Å². The van der Waals surface area contributed by atoms with Crippen molar-refractivity contribution in [3.63, 3.8) is 0 Å². The lowest BCUT2D eigenvalue weighted by Crippen LogP contribution is -2.37. The fourth-order valence-corrected chi connectivity index (χ4v) is 2.45. The number of nitrogens with zero attached hydrogens (tertiary/aromatic N) is 1. The molecule has 2 N–H and O–H groups in total. The van der Waals surface area contributed by atoms with E-state index < -0.39 is 6.10 Å². The lowest BCUT2D eigenvalue weighted by molar-refractivity contribution is 0.0589. The van der Waals surface area contributed by atoms with E-state index >= 15 is 0 Å². The molecule has 0 unspecified atom stereocenters. The van der Waals surface area contributed by atoms with Crippen molar-refractivity contribution in [3.8, 4) is 11.5 Å². The molecule has 0 aromatic heterocycles. The van der Waals surface area contributed by atoms with Crippen LogP contribution in [0.5, 0.6) is 11.5 Å². The highest BCUT2D eigenvalue weighted by Crippen LogP contribution is 2.19. The third-order valence-electron chi connectivity index (χ3n) is 3.62. The Balaban J connectivity index is 1.84. The first kappa shape index (κ1) is 18.3. The molecule has 5 nitrogen and oxygen atoms in total. The van der Waals surface area contributed by atoms with Crippen molar-refractivity contribution in [2.24, 2.45) is 0 Å². The maximum absolute atomic E-state index is 10.2. The van der Waals surface area contributed by atoms with Crippen molar-refractivity contribution in [1.29, 1.82) is 0 Å². The second-order valence-electron chi connectivity index (χ2n) is 5.59. The average Bonchev–Trinajstić information content (AvgIpc) is 2.61. The molecule has 1 atom stereocenters. The fraction of sp³-hybridized carbons (Fsp3) is 0.368. The van der Waals surface area contributed by atoms with Crippen LogP contribution in [-0.2, 0) is 6.54 Å². The van der Waals surface area contributed by atoms with Gasteiger partial charge in [0.1, 0.15) is 24.2 Å². The van der Waals surface area contributed by atoms with Crippen LogP contribution in [0.3, 0.4) is 0 Å². The van der Waals surface area contributed by atoms with Gasteiger partial charge in [-0.25, -0.2) is 0 Å². The first-order chi connectivity index (χ1) is 11.7. The van der Waals surface area contributed by atoms with Gasteiger partial charge in [0.05, 0.1) is 13.7 Å². The third-order valence-corrected chi connectivity index (χ3v) is 3.62. The minimum absolute atomic E-state index is 0.0519. The van der Waals surface area contributed by atoms with Crippen LogP contribution in [0.1, 0.15) is 5.56 Å². The summed E-state index contributed by atoms with van der Waals surface area (Å²) >= 11 is 0. The molecule has 2 aromatic carbocycles. The molecule has 0 radical (unpaired) electrons. The second kappa shape index (κ2) is 9.93. The van der Waals surface area contributed by atoms with E-state index in [-0.39, 0.29) is 13.2 Å². The van der Waals surface area contributed by atoms with Gasteiger partial charge in [-0.05, 0) is 17.7 Å². The Morgan fingerprint density at radius 1 is 1.04 bits per heavy atom. The highest BCUT2D eigenvalue weighted by atomic mass is 16.5. The Kier molecular flexibility index (Phi) is 7.55. The van der Waals surface area contributed by atoms with E-state index in [9.17, 15) is 10.2 Å². The summed E-state index contributed by atoms with van der Waals surface area (Å²) in [6.45, 7) is 1.85. The molecule has 2 rings (SSSR count). The summed E-state index contributed by atoms with van der Waals surface area (Å²) in [6.07, 6.45) is -0.647. The van der Waals surface area contributed by atoms with E-state index in [0.717, 1.165) is 5.56 Å². The van der Waals surface area contributed by atoms with Crippen molar-refractivity contribution in [2.45, 2.75) is 12.6 Å². The lowest BCUT2D eigenvalue weighted by atomic mass is 10.2. The van der Waals surface area contributed by atoms with E-state index in [0.29, 0.717) is 31.1 Å². The normalized spacial score (nSPS) is 12.2. The van der Waals surface area contributed by atoms with E-state index in [1.165, 1.54) is 0 Å². The summed E-state index contributed by atoms with van der Waals surface area (Å²) < 4.78 is 10.8. The molecule has 0 amide bonds. The molecule has 0 aliphatic rings. The minimum Gasteiger partial charge on any atom is -0.497 e. The van der Waals surface area contributed by atoms with Crippen molar-refractivity contribution >= 4 is 0 Å². The quantitative estimate of drug-likeness (QED) is 0.697. The lowest BCUT2D eigenvalue weighted by Gasteiger charge is -2.24. The molecular weight excluding hydrogens is 306 g/mol. The summed E-state index contributed by atoms with van der Waals surface area (Å²) in [5, 5.41) is 19.5. The molecular formula is C19H25NO4. The number of rotatable bonds is 10. The number of ether oxygens (including phenoxy) is 2. The molecule has 130 valence electrons. The largest absolute Gasteiger partial charge is 0.497 e. The van der Waals surface area contributed by atoms with Crippen LogP contribution in [-0.4, -0.2) is 54.6 Å². The van der Waals surface area contributed by atoms with Crippen LogP contribution in [0, 0.1) is 0 Å². The van der Waals surface area contributed by atoms with Gasteiger partial charge in [-0.2, -0.15) is 0 Å². The summed E-state index contributed by atoms with van der Waals surface area (Å²) in [7, 11) is 1.60. The molecule has 0 fully saturated rings. The summed E-state index contributed by atoms with van der Waals surface area (Å²) in [4.78, 5) is 2.01. The van der Waals surface area contributed by atoms with Gasteiger partial charge in [-0.1, -0.05) is 36.4 Å². The van der Waals surface area contributed by atoms with Crippen LogP contribution < -0.4 is 9.47 Å². The van der Waals surface area contributed by atoms with E-state index in [4.69, 9.17) is 9.47 Å². The molecule has 0 aliphatic carbocycles. The zero-order valence-corrected chi connectivity index (χ0v) is 14.0. The SMILES string of the molecule is COc1cccc(OC[C@H](O)CN(CCO)Cc2ccccc2)c1. The molecule has 2 aromatic rings. The minimum atomic E-state index is -0.647. The summed E-state index contributed by atoms with van der Waals surface area (Å²) in [6, 6.07) is 17.3. The van der Waals surface area contributed by atoms with Crippen molar-refractivity contribution in [2.75, 3.05) is 33.4 Å². The zero-order chi connectivity index (χ0) is 17.2. The molecule has 0 spiro atoms. The van der Waals surface area contributed by atoms with Gasteiger partial charge in [0.25, 0.3) is 0 Å². The van der Waals surface area contributed by atoms with Gasteiger partial charge in [-0.15, -0.1) is 0 Å². The summed E-state index contributed by atoms with van der Waals surface area (Å²) in [5.74, 6) is 1.37. The predicted octanol–water partition coefficient (Wildman–Crippen LogP) is 1.93. The number of hydrogen-bond acceptors (Lipinski definition) is 5. The second-order valence-corrected chi connectivity index (χ2v) is 5.59. The van der Waals surface area contributed by atoms with Gasteiger partial charge in [0, 0.05) is 25.7 Å². The van der Waals surface area contributed by atoms with Crippen LogP contribution >= 0.6 is 0 Å². The highest BCUT2D eigenvalue weighted by molar-refractivity contribution is 5.32. The Labute approximate surface area is 143 Å². The van der Waals surface area contributed by atoms with Crippen molar-refractivity contribution in [3.05, 3.63) is 60.2 Å². The number of aliphatic hydroxyl groups is 2. The predicted molar refractivity (Wildman–Crippen MR) is 93.3 cm³/mol. The van der Waals surface area contributed by atoms with Crippen LogP contribution in [0.25, 0.3) is 0 Å². The van der Waals surface area contributed by atoms with Gasteiger partial charge < -0.3 is 19.7 Å². The van der Waals surface area contributed by atoms with Crippen molar-refractivity contribution in [1.82, 2.24) is 4.90 Å². The van der Waals surface area contributed by atoms with E-state index in [1.807, 2.05) is 53.4 Å². The van der Waals surface area contributed by atoms with Crippen LogP contribution in [0.2, 0.25) is 0 Å². The Morgan fingerprint density at radius 3 is 2.50 bits per heavy atom. The molecule has 5 heteroatoms. The molecule has 0 saturated heterocycles. The Morgan fingerprint density at radius 2 is 1.79 bits per heavy atom. The Bertz CT molecular complexity index is 591. The van der Waals surface area contributed by atoms with E-state index in [2.05, 4.69) is 0 Å². The van der Waals surface area contributed by atoms with Crippen molar-refractivity contribution < 1.29 is 19.7 Å². The van der Waals surface area contributed by atoms with Gasteiger partial charge in [0.2, 0.25) is 0 Å². The number of methoxy groups -OCH3 is 1. The molecule has 0 heterocycles. The molecule has 24 heavy (non-hydrogen) atoms. The van der Waals surface area contributed by atoms with Gasteiger partial charge in [0.15, 0.2) is 0 Å². The fourth-order valence-electron chi connectivity index (χ4n) is 2.45. The highest BCUT2D eigenvalue weighted by Gasteiger charge is 2.13. The van der Waals surface area contributed by atoms with Gasteiger partial charge >= 0.3 is 0 Å². The molecule has 0 bridgehead atoms. The monoisotopic (exact) mass is 331 g/mol. The first-order valence-electron chi connectivity index (χ1n) is 8.03. The standard InChI is InChI=1S/C19H25NO4/c1-23-18-8-5-9-19(12-18)24-15-17(22)14-20(10-11-21)13-16-6-3-2-4-7-16/h2-9,12,17,21-22H,10-11,13-15H2,1H3/t17-/m1/s1. The topological polar surface area (TPSA) is 62.2 Å². The number of benzene rings is 2.